The van der Waals surface area contributed by atoms with E-state index in [1.807, 2.05) is 70.3 Å². The van der Waals surface area contributed by atoms with Crippen LogP contribution in [0.25, 0.3) is 5.82 Å². The van der Waals surface area contributed by atoms with E-state index < -0.39 is 10.0 Å². The van der Waals surface area contributed by atoms with Gasteiger partial charge in [0.15, 0.2) is 5.11 Å². The fourth-order valence-electron chi connectivity index (χ4n) is 4.18. The lowest BCUT2D eigenvalue weighted by molar-refractivity contribution is 0.548. The lowest BCUT2D eigenvalue weighted by atomic mass is 10.0. The van der Waals surface area contributed by atoms with Crippen molar-refractivity contribution in [2.45, 2.75) is 12.1 Å². The predicted octanol–water partition coefficient (Wildman–Crippen LogP) is 3.82. The second-order valence-electron chi connectivity index (χ2n) is 7.91. The summed E-state index contributed by atoms with van der Waals surface area (Å²) in [6, 6.07) is 22.3. The summed E-state index contributed by atoms with van der Waals surface area (Å²) in [6.07, 6.45) is 6.63. The van der Waals surface area contributed by atoms with E-state index in [2.05, 4.69) is 26.1 Å². The van der Waals surface area contributed by atoms with Crippen molar-refractivity contribution >= 4 is 38.7 Å². The van der Waals surface area contributed by atoms with Crippen LogP contribution in [0.15, 0.2) is 91.4 Å². The highest BCUT2D eigenvalue weighted by Gasteiger charge is 2.42. The molecule has 3 aromatic heterocycles. The topological polar surface area (TPSA) is 92.2 Å². The van der Waals surface area contributed by atoms with E-state index in [1.54, 1.807) is 24.5 Å². The molecule has 1 aliphatic rings. The molecule has 10 heteroatoms. The number of nitrogens with zero attached hydrogens (tertiary/aromatic N) is 4. The molecule has 172 valence electrons. The van der Waals surface area contributed by atoms with Gasteiger partial charge in [-0.25, -0.2) is 13.4 Å². The molecule has 0 saturated carbocycles. The lowest BCUT2D eigenvalue weighted by Crippen LogP contribution is -2.30. The van der Waals surface area contributed by atoms with Crippen LogP contribution in [0.1, 0.15) is 23.5 Å². The van der Waals surface area contributed by atoms with Crippen LogP contribution >= 0.6 is 12.2 Å². The summed E-state index contributed by atoms with van der Waals surface area (Å²) in [5.41, 5.74) is 3.16. The van der Waals surface area contributed by atoms with Crippen LogP contribution in [-0.4, -0.2) is 34.3 Å². The molecule has 34 heavy (non-hydrogen) atoms. The molecule has 1 saturated heterocycles. The number of rotatable bonds is 6. The number of pyridine rings is 2. The minimum atomic E-state index is -3.37. The summed E-state index contributed by atoms with van der Waals surface area (Å²) in [6.45, 7) is 0. The van der Waals surface area contributed by atoms with Crippen LogP contribution in [0, 0.1) is 0 Å². The van der Waals surface area contributed by atoms with E-state index in [4.69, 9.17) is 12.2 Å². The molecular formula is C24H22N6O2S2. The van der Waals surface area contributed by atoms with Gasteiger partial charge in [-0.3, -0.25) is 9.71 Å². The first-order valence-corrected chi connectivity index (χ1v) is 12.9. The summed E-state index contributed by atoms with van der Waals surface area (Å²) in [5.74, 6) is 0.799. The number of nitrogens with one attached hydrogen (secondary N) is 2. The third-order valence-corrected chi connectivity index (χ3v) is 6.45. The van der Waals surface area contributed by atoms with E-state index in [9.17, 15) is 8.42 Å². The standard InChI is InChI=1S/C24H22N6O2S2/c1-34(31,32)28-17-10-12-18(13-11-17)30-23(22(27-24(30)33)19-7-2-4-14-25-19)20-8-6-16-29(20)21-9-3-5-15-26-21/h2-16,22-23,28H,1H3,(H,27,33)/t22-,23+/m1/s1. The van der Waals surface area contributed by atoms with Gasteiger partial charge in [-0.05, 0) is 72.9 Å². The monoisotopic (exact) mass is 490 g/mol. The Bertz CT molecular complexity index is 1410. The molecule has 5 rings (SSSR count). The molecule has 0 bridgehead atoms. The normalized spacial score (nSPS) is 18.0. The smallest absolute Gasteiger partial charge is 0.229 e. The van der Waals surface area contributed by atoms with Crippen LogP contribution in [0.2, 0.25) is 0 Å². The number of sulfonamides is 1. The van der Waals surface area contributed by atoms with Crippen molar-refractivity contribution in [2.75, 3.05) is 15.9 Å². The maximum atomic E-state index is 11.6. The van der Waals surface area contributed by atoms with Gasteiger partial charge in [-0.1, -0.05) is 12.1 Å². The van der Waals surface area contributed by atoms with Crippen molar-refractivity contribution in [2.24, 2.45) is 0 Å². The van der Waals surface area contributed by atoms with E-state index in [-0.39, 0.29) is 12.1 Å². The highest BCUT2D eigenvalue weighted by molar-refractivity contribution is 7.92. The van der Waals surface area contributed by atoms with E-state index in [0.717, 1.165) is 29.1 Å². The van der Waals surface area contributed by atoms with Crippen molar-refractivity contribution in [3.63, 3.8) is 0 Å². The van der Waals surface area contributed by atoms with Gasteiger partial charge in [0, 0.05) is 35.7 Å². The van der Waals surface area contributed by atoms with Gasteiger partial charge in [0.1, 0.15) is 11.9 Å². The van der Waals surface area contributed by atoms with Gasteiger partial charge in [-0.15, -0.1) is 0 Å². The Labute approximate surface area is 203 Å². The zero-order valence-electron chi connectivity index (χ0n) is 18.2. The van der Waals surface area contributed by atoms with Gasteiger partial charge in [-0.2, -0.15) is 0 Å². The van der Waals surface area contributed by atoms with Crippen molar-refractivity contribution in [1.82, 2.24) is 19.9 Å². The van der Waals surface area contributed by atoms with Crippen molar-refractivity contribution in [3.05, 3.63) is 103 Å². The Morgan fingerprint density at radius 2 is 1.68 bits per heavy atom. The Balaban J connectivity index is 1.60. The van der Waals surface area contributed by atoms with Gasteiger partial charge in [0.2, 0.25) is 10.0 Å². The fourth-order valence-corrected chi connectivity index (χ4v) is 5.09. The fraction of sp³-hybridized carbons (Fsp3) is 0.125. The largest absolute Gasteiger partial charge is 0.351 e. The number of thiocarbonyl (C=S) groups is 1. The Hall–Kier alpha value is -3.76. The molecule has 0 amide bonds. The molecule has 1 aliphatic heterocycles. The SMILES string of the molecule is CS(=O)(=O)Nc1ccc(N2C(=S)N[C@H](c3ccccn3)[C@@H]2c2cccn2-c2ccccn2)cc1. The summed E-state index contributed by atoms with van der Waals surface area (Å²) in [5, 5.41) is 3.99. The Morgan fingerprint density at radius 3 is 2.32 bits per heavy atom. The van der Waals surface area contributed by atoms with Crippen LogP contribution in [0.5, 0.6) is 0 Å². The van der Waals surface area contributed by atoms with Gasteiger partial charge in [0.25, 0.3) is 0 Å². The summed E-state index contributed by atoms with van der Waals surface area (Å²) in [4.78, 5) is 11.1. The Morgan fingerprint density at radius 1 is 0.941 bits per heavy atom. The molecule has 0 radical (unpaired) electrons. The maximum absolute atomic E-state index is 11.6. The third-order valence-electron chi connectivity index (χ3n) is 5.53. The zero-order chi connectivity index (χ0) is 23.7. The summed E-state index contributed by atoms with van der Waals surface area (Å²) < 4.78 is 27.8. The molecule has 4 heterocycles. The summed E-state index contributed by atoms with van der Waals surface area (Å²) in [7, 11) is -3.37. The molecule has 4 aromatic rings. The van der Waals surface area contributed by atoms with Crippen LogP contribution in [0.3, 0.4) is 0 Å². The minimum Gasteiger partial charge on any atom is -0.351 e. The first kappa shape index (κ1) is 22.1. The predicted molar refractivity (Wildman–Crippen MR) is 136 cm³/mol. The van der Waals surface area contributed by atoms with E-state index >= 15 is 0 Å². The van der Waals surface area contributed by atoms with Gasteiger partial charge >= 0.3 is 0 Å². The van der Waals surface area contributed by atoms with Crippen molar-refractivity contribution in [1.29, 1.82) is 0 Å². The zero-order valence-corrected chi connectivity index (χ0v) is 19.9. The van der Waals surface area contributed by atoms with E-state index in [1.165, 1.54) is 0 Å². The molecule has 0 unspecified atom stereocenters. The number of aromatic nitrogens is 3. The highest BCUT2D eigenvalue weighted by atomic mass is 32.2. The maximum Gasteiger partial charge on any atom is 0.229 e. The highest BCUT2D eigenvalue weighted by Crippen LogP contribution is 2.42. The van der Waals surface area contributed by atoms with Crippen LogP contribution < -0.4 is 14.9 Å². The molecule has 0 spiro atoms. The number of hydrogen-bond donors (Lipinski definition) is 2. The molecule has 0 aliphatic carbocycles. The molecule has 2 atom stereocenters. The minimum absolute atomic E-state index is 0.208. The Kier molecular flexibility index (Phi) is 5.76. The number of hydrogen-bond acceptors (Lipinski definition) is 5. The molecule has 1 fully saturated rings. The van der Waals surface area contributed by atoms with E-state index in [0.29, 0.717) is 10.8 Å². The first-order valence-electron chi connectivity index (χ1n) is 10.6. The number of anilines is 2. The molecule has 2 N–H and O–H groups in total. The number of benzene rings is 1. The van der Waals surface area contributed by atoms with Gasteiger partial charge < -0.3 is 14.8 Å². The van der Waals surface area contributed by atoms with Gasteiger partial charge in [0.05, 0.1) is 18.0 Å². The first-order chi connectivity index (χ1) is 16.4. The average molecular weight is 491 g/mol. The van der Waals surface area contributed by atoms with Crippen molar-refractivity contribution < 1.29 is 8.42 Å². The molecule has 8 nitrogen and oxygen atoms in total. The molecular weight excluding hydrogens is 468 g/mol. The van der Waals surface area contributed by atoms with Crippen LogP contribution in [0.4, 0.5) is 11.4 Å². The van der Waals surface area contributed by atoms with Crippen LogP contribution in [-0.2, 0) is 10.0 Å². The average Bonchev–Trinajstić information content (AvgIpc) is 3.44. The second-order valence-corrected chi connectivity index (χ2v) is 10.0. The third kappa shape index (κ3) is 4.37. The second kappa shape index (κ2) is 8.88. The molecule has 1 aromatic carbocycles. The quantitative estimate of drug-likeness (QED) is 0.397. The lowest BCUT2D eigenvalue weighted by Gasteiger charge is -2.29. The van der Waals surface area contributed by atoms with Crippen molar-refractivity contribution in [3.8, 4) is 5.82 Å². The summed E-state index contributed by atoms with van der Waals surface area (Å²) >= 11 is 5.78.